The minimum absolute atomic E-state index is 0.101. The van der Waals surface area contributed by atoms with Crippen LogP contribution in [0.2, 0.25) is 10.0 Å². The van der Waals surface area contributed by atoms with Gasteiger partial charge in [-0.3, -0.25) is 9.69 Å². The standard InChI is InChI=1S/C14H17Cl2NO/c1-14(2)6-3-7-17(14)9-13(18)10-4-5-11(15)12(16)8-10/h4-5,8H,3,6-7,9H2,1-2H3. The van der Waals surface area contributed by atoms with Gasteiger partial charge in [-0.05, 0) is 51.4 Å². The minimum atomic E-state index is 0.101. The van der Waals surface area contributed by atoms with Gasteiger partial charge in [-0.25, -0.2) is 0 Å². The summed E-state index contributed by atoms with van der Waals surface area (Å²) in [6.07, 6.45) is 2.29. The van der Waals surface area contributed by atoms with Gasteiger partial charge in [-0.1, -0.05) is 23.2 Å². The molecule has 0 unspecified atom stereocenters. The Morgan fingerprint density at radius 3 is 2.61 bits per heavy atom. The predicted octanol–water partition coefficient (Wildman–Crippen LogP) is 4.05. The molecule has 0 aliphatic carbocycles. The van der Waals surface area contributed by atoms with E-state index in [-0.39, 0.29) is 11.3 Å². The van der Waals surface area contributed by atoms with Crippen LogP contribution in [0, 0.1) is 0 Å². The lowest BCUT2D eigenvalue weighted by molar-refractivity contribution is 0.0871. The quantitative estimate of drug-likeness (QED) is 0.781. The zero-order valence-corrected chi connectivity index (χ0v) is 12.2. The first-order valence-corrected chi connectivity index (χ1v) is 6.89. The van der Waals surface area contributed by atoms with E-state index in [0.717, 1.165) is 19.4 Å². The molecule has 1 aromatic carbocycles. The van der Waals surface area contributed by atoms with Crippen LogP contribution in [-0.2, 0) is 0 Å². The van der Waals surface area contributed by atoms with Gasteiger partial charge in [0.1, 0.15) is 0 Å². The second kappa shape index (κ2) is 5.20. The van der Waals surface area contributed by atoms with E-state index in [4.69, 9.17) is 23.2 Å². The smallest absolute Gasteiger partial charge is 0.176 e. The molecule has 4 heteroatoms. The highest BCUT2D eigenvalue weighted by molar-refractivity contribution is 6.42. The Hall–Kier alpha value is -0.570. The summed E-state index contributed by atoms with van der Waals surface area (Å²) in [5.74, 6) is 0.101. The summed E-state index contributed by atoms with van der Waals surface area (Å²) < 4.78 is 0. The number of halogens is 2. The summed E-state index contributed by atoms with van der Waals surface area (Å²) >= 11 is 11.8. The Kier molecular flexibility index (Phi) is 4.00. The zero-order valence-electron chi connectivity index (χ0n) is 10.7. The van der Waals surface area contributed by atoms with Gasteiger partial charge in [0.15, 0.2) is 5.78 Å². The third-order valence-corrected chi connectivity index (χ3v) is 4.39. The van der Waals surface area contributed by atoms with Gasteiger partial charge >= 0.3 is 0 Å². The summed E-state index contributed by atoms with van der Waals surface area (Å²) in [4.78, 5) is 14.4. The molecule has 2 rings (SSSR count). The highest BCUT2D eigenvalue weighted by Gasteiger charge is 2.33. The first kappa shape index (κ1) is 13.9. The van der Waals surface area contributed by atoms with E-state index in [9.17, 15) is 4.79 Å². The van der Waals surface area contributed by atoms with E-state index in [0.29, 0.717) is 22.2 Å². The van der Waals surface area contributed by atoms with Crippen LogP contribution in [0.25, 0.3) is 0 Å². The van der Waals surface area contributed by atoms with Crippen molar-refractivity contribution in [2.24, 2.45) is 0 Å². The molecule has 0 N–H and O–H groups in total. The van der Waals surface area contributed by atoms with Crippen molar-refractivity contribution in [3.63, 3.8) is 0 Å². The van der Waals surface area contributed by atoms with Crippen LogP contribution in [-0.4, -0.2) is 29.3 Å². The normalized spacial score (nSPS) is 19.1. The molecule has 1 aromatic rings. The molecule has 0 atom stereocenters. The van der Waals surface area contributed by atoms with E-state index in [1.807, 2.05) is 0 Å². The Morgan fingerprint density at radius 2 is 2.06 bits per heavy atom. The summed E-state index contributed by atoms with van der Waals surface area (Å²) in [5, 5.41) is 0.915. The largest absolute Gasteiger partial charge is 0.293 e. The molecule has 1 heterocycles. The van der Waals surface area contributed by atoms with Crippen molar-refractivity contribution in [3.05, 3.63) is 33.8 Å². The lowest BCUT2D eigenvalue weighted by Gasteiger charge is -2.30. The molecule has 98 valence electrons. The molecule has 0 radical (unpaired) electrons. The fourth-order valence-electron chi connectivity index (χ4n) is 2.39. The molecule has 0 spiro atoms. The first-order chi connectivity index (χ1) is 8.40. The van der Waals surface area contributed by atoms with Crippen molar-refractivity contribution in [1.82, 2.24) is 4.90 Å². The van der Waals surface area contributed by atoms with E-state index in [2.05, 4.69) is 18.7 Å². The highest BCUT2D eigenvalue weighted by atomic mass is 35.5. The number of hydrogen-bond acceptors (Lipinski definition) is 2. The van der Waals surface area contributed by atoms with Crippen LogP contribution in [0.1, 0.15) is 37.0 Å². The number of nitrogens with zero attached hydrogens (tertiary/aromatic N) is 1. The fourth-order valence-corrected chi connectivity index (χ4v) is 2.69. The van der Waals surface area contributed by atoms with Gasteiger partial charge in [0.25, 0.3) is 0 Å². The Balaban J connectivity index is 2.10. The van der Waals surface area contributed by atoms with Crippen LogP contribution in [0.4, 0.5) is 0 Å². The molecule has 1 aliphatic heterocycles. The fraction of sp³-hybridized carbons (Fsp3) is 0.500. The maximum atomic E-state index is 12.2. The SMILES string of the molecule is CC1(C)CCCN1CC(=O)c1ccc(Cl)c(Cl)c1. The number of Topliss-reactive ketones (excluding diaryl/α,β-unsaturated/α-hetero) is 1. The molecule has 0 saturated carbocycles. The van der Waals surface area contributed by atoms with E-state index < -0.39 is 0 Å². The minimum Gasteiger partial charge on any atom is -0.293 e. The van der Waals surface area contributed by atoms with Crippen LogP contribution in [0.3, 0.4) is 0 Å². The van der Waals surface area contributed by atoms with Crippen molar-refractivity contribution in [1.29, 1.82) is 0 Å². The maximum Gasteiger partial charge on any atom is 0.176 e. The van der Waals surface area contributed by atoms with Crippen molar-refractivity contribution >= 4 is 29.0 Å². The van der Waals surface area contributed by atoms with Gasteiger partial charge in [-0.15, -0.1) is 0 Å². The van der Waals surface area contributed by atoms with Gasteiger partial charge < -0.3 is 0 Å². The zero-order chi connectivity index (χ0) is 13.3. The second-order valence-electron chi connectivity index (χ2n) is 5.39. The summed E-state index contributed by atoms with van der Waals surface area (Å²) in [5.41, 5.74) is 0.749. The summed E-state index contributed by atoms with van der Waals surface area (Å²) in [6, 6.07) is 5.06. The average Bonchev–Trinajstić information content (AvgIpc) is 2.62. The second-order valence-corrected chi connectivity index (χ2v) is 6.20. The van der Waals surface area contributed by atoms with Crippen molar-refractivity contribution in [2.45, 2.75) is 32.2 Å². The highest BCUT2D eigenvalue weighted by Crippen LogP contribution is 2.28. The van der Waals surface area contributed by atoms with E-state index in [1.165, 1.54) is 0 Å². The van der Waals surface area contributed by atoms with Crippen molar-refractivity contribution in [2.75, 3.05) is 13.1 Å². The summed E-state index contributed by atoms with van der Waals surface area (Å²) in [6.45, 7) is 5.80. The number of ketones is 1. The van der Waals surface area contributed by atoms with Gasteiger partial charge in [0.2, 0.25) is 0 Å². The topological polar surface area (TPSA) is 20.3 Å². The lowest BCUT2D eigenvalue weighted by Crippen LogP contribution is -2.41. The Morgan fingerprint density at radius 1 is 1.33 bits per heavy atom. The molecule has 1 aliphatic rings. The third kappa shape index (κ3) is 2.87. The molecule has 0 amide bonds. The average molecular weight is 286 g/mol. The van der Waals surface area contributed by atoms with Crippen LogP contribution < -0.4 is 0 Å². The van der Waals surface area contributed by atoms with Gasteiger partial charge in [0, 0.05) is 11.1 Å². The molecule has 0 aromatic heterocycles. The van der Waals surface area contributed by atoms with Crippen LogP contribution >= 0.6 is 23.2 Å². The van der Waals surface area contributed by atoms with E-state index >= 15 is 0 Å². The molecule has 1 saturated heterocycles. The number of benzene rings is 1. The monoisotopic (exact) mass is 285 g/mol. The lowest BCUT2D eigenvalue weighted by atomic mass is 10.0. The third-order valence-electron chi connectivity index (χ3n) is 3.65. The first-order valence-electron chi connectivity index (χ1n) is 6.13. The summed E-state index contributed by atoms with van der Waals surface area (Å²) in [7, 11) is 0. The van der Waals surface area contributed by atoms with Crippen molar-refractivity contribution in [3.8, 4) is 0 Å². The van der Waals surface area contributed by atoms with E-state index in [1.54, 1.807) is 18.2 Å². The Bertz CT molecular complexity index is 471. The van der Waals surface area contributed by atoms with Gasteiger partial charge in [-0.2, -0.15) is 0 Å². The molecular formula is C14H17Cl2NO. The maximum absolute atomic E-state index is 12.2. The molecule has 18 heavy (non-hydrogen) atoms. The van der Waals surface area contributed by atoms with Gasteiger partial charge in [0.05, 0.1) is 16.6 Å². The van der Waals surface area contributed by atoms with Crippen molar-refractivity contribution < 1.29 is 4.79 Å². The Labute approximate surface area is 118 Å². The molecule has 2 nitrogen and oxygen atoms in total. The van der Waals surface area contributed by atoms with Crippen LogP contribution in [0.5, 0.6) is 0 Å². The van der Waals surface area contributed by atoms with Crippen LogP contribution in [0.15, 0.2) is 18.2 Å². The molecular weight excluding hydrogens is 269 g/mol. The number of carbonyl (C=O) groups is 1. The number of carbonyl (C=O) groups excluding carboxylic acids is 1. The molecule has 0 bridgehead atoms. The molecule has 1 fully saturated rings. The number of likely N-dealkylation sites (tertiary alicyclic amines) is 1. The number of hydrogen-bond donors (Lipinski definition) is 0. The number of rotatable bonds is 3. The predicted molar refractivity (Wildman–Crippen MR) is 75.7 cm³/mol.